The summed E-state index contributed by atoms with van der Waals surface area (Å²) in [5, 5.41) is 3.55. The highest BCUT2D eigenvalue weighted by molar-refractivity contribution is 5.82. The van der Waals surface area contributed by atoms with Gasteiger partial charge >= 0.3 is 0 Å². The Morgan fingerprint density at radius 1 is 1.47 bits per heavy atom. The van der Waals surface area contributed by atoms with Crippen LogP contribution in [-0.4, -0.2) is 33.4 Å². The fraction of sp³-hybridized carbons (Fsp3) is 0.600. The van der Waals surface area contributed by atoms with E-state index in [1.807, 2.05) is 12.3 Å². The molecule has 3 unspecified atom stereocenters. The van der Waals surface area contributed by atoms with Crippen LogP contribution < -0.4 is 5.32 Å². The van der Waals surface area contributed by atoms with Gasteiger partial charge in [-0.1, -0.05) is 0 Å². The van der Waals surface area contributed by atoms with E-state index >= 15 is 0 Å². The van der Waals surface area contributed by atoms with E-state index in [4.69, 9.17) is 0 Å². The predicted molar refractivity (Wildman–Crippen MR) is 75.1 cm³/mol. The molecular weight excluding hydrogens is 238 g/mol. The zero-order valence-corrected chi connectivity index (χ0v) is 12.0. The molecule has 3 heterocycles. The molecule has 1 saturated heterocycles. The lowest BCUT2D eigenvalue weighted by molar-refractivity contribution is -0.123. The van der Waals surface area contributed by atoms with Gasteiger partial charge < -0.3 is 5.32 Å². The lowest BCUT2D eigenvalue weighted by atomic mass is 9.99. The molecule has 2 aliphatic rings. The molecule has 0 saturated carbocycles. The van der Waals surface area contributed by atoms with Gasteiger partial charge in [0.15, 0.2) is 0 Å². The van der Waals surface area contributed by atoms with Crippen LogP contribution in [-0.2, 0) is 4.79 Å². The molecule has 1 fully saturated rings. The topological polar surface area (TPSA) is 45.2 Å². The van der Waals surface area contributed by atoms with Gasteiger partial charge in [0, 0.05) is 17.7 Å². The van der Waals surface area contributed by atoms with Gasteiger partial charge in [0.25, 0.3) is 0 Å². The first kappa shape index (κ1) is 12.6. The quantitative estimate of drug-likeness (QED) is 0.841. The Labute approximate surface area is 114 Å². The van der Waals surface area contributed by atoms with Crippen molar-refractivity contribution >= 4 is 11.5 Å². The fourth-order valence-electron chi connectivity index (χ4n) is 3.54. The zero-order valence-electron chi connectivity index (χ0n) is 12.0. The number of aromatic nitrogens is 1. The number of rotatable bonds is 1. The van der Waals surface area contributed by atoms with E-state index in [-0.39, 0.29) is 23.5 Å². The molecule has 0 amide bonds. The summed E-state index contributed by atoms with van der Waals surface area (Å²) in [5.74, 6) is 0.577. The Balaban J connectivity index is 2.01. The Morgan fingerprint density at radius 2 is 2.21 bits per heavy atom. The molecule has 4 nitrogen and oxygen atoms in total. The zero-order chi connectivity index (χ0) is 13.8. The molecule has 3 rings (SSSR count). The average molecular weight is 259 g/mol. The van der Waals surface area contributed by atoms with Crippen LogP contribution >= 0.6 is 0 Å². The standard InChI is InChI=1S/C15H21N3O/c1-9(19)12-8-10-13-11(6-5-7-16-13)17-14(10)18(12)15(2,3)4/h5-7,10,12,14,17H,8H2,1-4H3. The normalized spacial score (nSPS) is 29.8. The van der Waals surface area contributed by atoms with Crippen molar-refractivity contribution in [1.29, 1.82) is 0 Å². The molecule has 1 aromatic heterocycles. The van der Waals surface area contributed by atoms with Crippen LogP contribution in [0.25, 0.3) is 0 Å². The Morgan fingerprint density at radius 3 is 2.84 bits per heavy atom. The first-order valence-electron chi connectivity index (χ1n) is 6.90. The maximum Gasteiger partial charge on any atom is 0.147 e. The van der Waals surface area contributed by atoms with Crippen molar-refractivity contribution in [2.45, 2.75) is 57.8 Å². The molecule has 102 valence electrons. The van der Waals surface area contributed by atoms with E-state index in [9.17, 15) is 4.79 Å². The molecule has 3 atom stereocenters. The number of ketones is 1. The van der Waals surface area contributed by atoms with E-state index in [0.29, 0.717) is 5.92 Å². The highest BCUT2D eigenvalue weighted by Gasteiger charge is 2.51. The van der Waals surface area contributed by atoms with Crippen LogP contribution in [0.4, 0.5) is 5.69 Å². The van der Waals surface area contributed by atoms with Crippen molar-refractivity contribution in [1.82, 2.24) is 9.88 Å². The summed E-state index contributed by atoms with van der Waals surface area (Å²) < 4.78 is 0. The lowest BCUT2D eigenvalue weighted by Gasteiger charge is -2.40. The molecule has 0 spiro atoms. The van der Waals surface area contributed by atoms with Gasteiger partial charge in [-0.3, -0.25) is 14.7 Å². The Bertz CT molecular complexity index is 520. The van der Waals surface area contributed by atoms with E-state index in [0.717, 1.165) is 17.8 Å². The molecule has 0 aliphatic carbocycles. The lowest BCUT2D eigenvalue weighted by Crippen LogP contribution is -2.53. The molecule has 1 N–H and O–H groups in total. The Kier molecular flexibility index (Phi) is 2.68. The van der Waals surface area contributed by atoms with Crippen LogP contribution in [0.3, 0.4) is 0 Å². The molecule has 0 bridgehead atoms. The molecule has 0 aromatic carbocycles. The maximum atomic E-state index is 12.0. The number of pyridine rings is 1. The molecular formula is C15H21N3O. The van der Waals surface area contributed by atoms with Crippen LogP contribution in [0.15, 0.2) is 18.3 Å². The van der Waals surface area contributed by atoms with Gasteiger partial charge in [-0.25, -0.2) is 0 Å². The number of carbonyl (C=O) groups is 1. The number of nitrogens with one attached hydrogen (secondary N) is 1. The van der Waals surface area contributed by atoms with Crippen molar-refractivity contribution in [3.63, 3.8) is 0 Å². The smallest absolute Gasteiger partial charge is 0.147 e. The second kappa shape index (κ2) is 4.04. The molecule has 0 radical (unpaired) electrons. The summed E-state index contributed by atoms with van der Waals surface area (Å²) in [6.45, 7) is 8.21. The predicted octanol–water partition coefficient (Wildman–Crippen LogP) is 2.38. The summed E-state index contributed by atoms with van der Waals surface area (Å²) in [6, 6.07) is 4.03. The molecule has 2 aliphatic heterocycles. The van der Waals surface area contributed by atoms with E-state index in [2.05, 4.69) is 42.0 Å². The number of nitrogens with zero attached hydrogens (tertiary/aromatic N) is 2. The van der Waals surface area contributed by atoms with Crippen molar-refractivity contribution in [3.8, 4) is 0 Å². The molecule has 19 heavy (non-hydrogen) atoms. The van der Waals surface area contributed by atoms with Crippen molar-refractivity contribution in [3.05, 3.63) is 24.0 Å². The van der Waals surface area contributed by atoms with Crippen LogP contribution in [0.1, 0.15) is 45.7 Å². The van der Waals surface area contributed by atoms with Crippen molar-refractivity contribution in [2.75, 3.05) is 5.32 Å². The van der Waals surface area contributed by atoms with Gasteiger partial charge in [0.1, 0.15) is 5.78 Å². The number of Topliss-reactive ketones (excluding diaryl/α,β-unsaturated/α-hetero) is 1. The van der Waals surface area contributed by atoms with E-state index in [1.165, 1.54) is 0 Å². The first-order chi connectivity index (χ1) is 8.89. The summed E-state index contributed by atoms with van der Waals surface area (Å²) in [7, 11) is 0. The minimum atomic E-state index is -0.0369. The highest BCUT2D eigenvalue weighted by atomic mass is 16.1. The average Bonchev–Trinajstić information content (AvgIpc) is 2.82. The van der Waals surface area contributed by atoms with E-state index < -0.39 is 0 Å². The minimum Gasteiger partial charge on any atom is -0.367 e. The largest absolute Gasteiger partial charge is 0.367 e. The number of hydrogen-bond donors (Lipinski definition) is 1. The SMILES string of the molecule is CC(=O)C1CC2c3ncccc3NC2N1C(C)(C)C. The number of anilines is 1. The van der Waals surface area contributed by atoms with Gasteiger partial charge in [-0.2, -0.15) is 0 Å². The minimum absolute atomic E-state index is 0.00217. The Hall–Kier alpha value is -1.42. The third kappa shape index (κ3) is 1.86. The monoisotopic (exact) mass is 259 g/mol. The fourth-order valence-corrected chi connectivity index (χ4v) is 3.54. The van der Waals surface area contributed by atoms with Crippen molar-refractivity contribution in [2.24, 2.45) is 0 Å². The second-order valence-corrected chi connectivity index (χ2v) is 6.57. The maximum absolute atomic E-state index is 12.0. The highest BCUT2D eigenvalue weighted by Crippen LogP contribution is 2.47. The summed E-state index contributed by atoms with van der Waals surface area (Å²) in [6.07, 6.45) is 2.90. The van der Waals surface area contributed by atoms with Crippen LogP contribution in [0, 0.1) is 0 Å². The van der Waals surface area contributed by atoms with Gasteiger partial charge in [-0.05, 0) is 46.2 Å². The number of hydrogen-bond acceptors (Lipinski definition) is 4. The number of fused-ring (bicyclic) bond motifs is 3. The van der Waals surface area contributed by atoms with Gasteiger partial charge in [0.2, 0.25) is 0 Å². The third-order valence-electron chi connectivity index (χ3n) is 4.23. The molecule has 4 heteroatoms. The van der Waals surface area contributed by atoms with Crippen molar-refractivity contribution < 1.29 is 4.79 Å². The summed E-state index contributed by atoms with van der Waals surface area (Å²) in [4.78, 5) is 18.8. The summed E-state index contributed by atoms with van der Waals surface area (Å²) in [5.41, 5.74) is 2.20. The second-order valence-electron chi connectivity index (χ2n) is 6.57. The first-order valence-corrected chi connectivity index (χ1v) is 6.90. The van der Waals surface area contributed by atoms with Crippen LogP contribution in [0.2, 0.25) is 0 Å². The molecule has 1 aromatic rings. The van der Waals surface area contributed by atoms with Gasteiger partial charge in [0.05, 0.1) is 23.6 Å². The number of likely N-dealkylation sites (tertiary alicyclic amines) is 1. The third-order valence-corrected chi connectivity index (χ3v) is 4.23. The number of carbonyl (C=O) groups excluding carboxylic acids is 1. The summed E-state index contributed by atoms with van der Waals surface area (Å²) >= 11 is 0. The van der Waals surface area contributed by atoms with Gasteiger partial charge in [-0.15, -0.1) is 0 Å². The van der Waals surface area contributed by atoms with E-state index in [1.54, 1.807) is 6.92 Å². The van der Waals surface area contributed by atoms with Crippen LogP contribution in [0.5, 0.6) is 0 Å².